The number of fused-ring (bicyclic) bond motifs is 2. The first-order valence-electron chi connectivity index (χ1n) is 13.2. The number of hydrogen-bond donors (Lipinski definition) is 2. The molecule has 2 aromatic carbocycles. The van der Waals surface area contributed by atoms with Gasteiger partial charge in [0.25, 0.3) is 5.91 Å². The van der Waals surface area contributed by atoms with Gasteiger partial charge in [-0.25, -0.2) is 0 Å². The quantitative estimate of drug-likeness (QED) is 0.481. The van der Waals surface area contributed by atoms with Crippen molar-refractivity contribution in [2.75, 3.05) is 33.9 Å². The fourth-order valence-corrected chi connectivity index (χ4v) is 6.18. The van der Waals surface area contributed by atoms with Crippen LogP contribution in [0.25, 0.3) is 10.9 Å². The Morgan fingerprint density at radius 2 is 1.95 bits per heavy atom. The van der Waals surface area contributed by atoms with E-state index in [0.717, 1.165) is 59.9 Å². The minimum Gasteiger partial charge on any atom is -0.493 e. The number of amides is 2. The Bertz CT molecular complexity index is 1290. The number of H-pyrrole nitrogens is 1. The molecule has 5 rings (SSSR count). The van der Waals surface area contributed by atoms with Crippen molar-refractivity contribution in [3.05, 3.63) is 53.2 Å². The number of nitrogens with zero attached hydrogens (tertiary/aromatic N) is 2. The minimum absolute atomic E-state index is 0.0618. The third-order valence-corrected chi connectivity index (χ3v) is 8.18. The van der Waals surface area contributed by atoms with Crippen molar-refractivity contribution in [3.63, 3.8) is 0 Å². The molecule has 1 aliphatic carbocycles. The molecule has 1 saturated carbocycles. The normalized spacial score (nSPS) is 21.1. The van der Waals surface area contributed by atoms with Crippen molar-refractivity contribution in [1.82, 2.24) is 20.4 Å². The number of aryl methyl sites for hydroxylation is 2. The van der Waals surface area contributed by atoms with E-state index >= 15 is 0 Å². The van der Waals surface area contributed by atoms with E-state index < -0.39 is 0 Å². The first-order valence-corrected chi connectivity index (χ1v) is 13.2. The third-order valence-electron chi connectivity index (χ3n) is 8.18. The highest BCUT2D eigenvalue weighted by Gasteiger charge is 2.41. The van der Waals surface area contributed by atoms with E-state index in [1.54, 1.807) is 20.4 Å². The summed E-state index contributed by atoms with van der Waals surface area (Å²) in [5.41, 5.74) is 3.78. The summed E-state index contributed by atoms with van der Waals surface area (Å²) in [5.74, 6) is 2.86. The summed E-state index contributed by atoms with van der Waals surface area (Å²) in [6, 6.07) is 9.66. The van der Waals surface area contributed by atoms with Crippen LogP contribution in [0.4, 0.5) is 0 Å². The molecule has 8 nitrogen and oxygen atoms in total. The van der Waals surface area contributed by atoms with E-state index in [1.807, 2.05) is 42.2 Å². The van der Waals surface area contributed by atoms with Gasteiger partial charge in [0.1, 0.15) is 0 Å². The van der Waals surface area contributed by atoms with Crippen LogP contribution in [-0.2, 0) is 11.2 Å². The van der Waals surface area contributed by atoms with Crippen molar-refractivity contribution < 1.29 is 19.1 Å². The average molecular weight is 505 g/mol. The van der Waals surface area contributed by atoms with Gasteiger partial charge in [-0.1, -0.05) is 12.5 Å². The molecule has 3 atom stereocenters. The predicted molar refractivity (Wildman–Crippen MR) is 142 cm³/mol. The number of likely N-dealkylation sites (tertiary alicyclic amines) is 1. The minimum atomic E-state index is 0.0618. The Hall–Kier alpha value is -3.55. The maximum Gasteiger partial charge on any atom is 0.253 e. The van der Waals surface area contributed by atoms with Gasteiger partial charge in [-0.05, 0) is 79.3 Å². The summed E-state index contributed by atoms with van der Waals surface area (Å²) >= 11 is 0. The van der Waals surface area contributed by atoms with Gasteiger partial charge in [-0.15, -0.1) is 0 Å². The van der Waals surface area contributed by atoms with E-state index in [1.165, 1.54) is 0 Å². The van der Waals surface area contributed by atoms with Crippen molar-refractivity contribution in [2.24, 2.45) is 17.8 Å². The van der Waals surface area contributed by atoms with Gasteiger partial charge in [-0.3, -0.25) is 14.7 Å². The van der Waals surface area contributed by atoms with Crippen LogP contribution < -0.4 is 14.8 Å². The highest BCUT2D eigenvalue weighted by molar-refractivity contribution is 5.99. The molecule has 0 spiro atoms. The molecule has 1 aromatic heterocycles. The van der Waals surface area contributed by atoms with Gasteiger partial charge < -0.3 is 19.7 Å². The second kappa shape index (κ2) is 10.8. The Labute approximate surface area is 217 Å². The number of carbonyl (C=O) groups is 2. The Kier molecular flexibility index (Phi) is 7.35. The molecule has 3 aromatic rings. The first-order chi connectivity index (χ1) is 18.0. The molecule has 2 aliphatic rings. The molecular formula is C29H36N4O4. The van der Waals surface area contributed by atoms with Gasteiger partial charge in [0.2, 0.25) is 5.91 Å². The monoisotopic (exact) mass is 504 g/mol. The van der Waals surface area contributed by atoms with E-state index in [0.29, 0.717) is 48.6 Å². The van der Waals surface area contributed by atoms with Crippen LogP contribution in [0, 0.1) is 24.7 Å². The summed E-state index contributed by atoms with van der Waals surface area (Å²) in [6.45, 7) is 4.24. The number of ether oxygens (including phenoxy) is 2. The maximum atomic E-state index is 13.4. The molecule has 2 amide bonds. The summed E-state index contributed by atoms with van der Waals surface area (Å²) in [5, 5.41) is 11.3. The predicted octanol–water partition coefficient (Wildman–Crippen LogP) is 4.13. The molecular weight excluding hydrogens is 468 g/mol. The van der Waals surface area contributed by atoms with Crippen LogP contribution >= 0.6 is 0 Å². The number of methoxy groups -OCH3 is 2. The van der Waals surface area contributed by atoms with Crippen LogP contribution in [0.1, 0.15) is 47.2 Å². The van der Waals surface area contributed by atoms with Crippen LogP contribution in [-0.4, -0.2) is 60.8 Å². The number of hydrogen-bond acceptors (Lipinski definition) is 5. The second-order valence-corrected chi connectivity index (χ2v) is 10.4. The zero-order valence-electron chi connectivity index (χ0n) is 21.9. The molecule has 0 radical (unpaired) electrons. The molecule has 1 saturated heterocycles. The fourth-order valence-electron chi connectivity index (χ4n) is 6.18. The molecule has 2 fully saturated rings. The summed E-state index contributed by atoms with van der Waals surface area (Å²) in [4.78, 5) is 28.1. The molecule has 37 heavy (non-hydrogen) atoms. The molecule has 2 heterocycles. The van der Waals surface area contributed by atoms with Crippen molar-refractivity contribution in [1.29, 1.82) is 0 Å². The zero-order valence-corrected chi connectivity index (χ0v) is 21.9. The fraction of sp³-hybridized carbons (Fsp3) is 0.483. The number of nitrogens with one attached hydrogen (secondary N) is 2. The molecule has 8 heteroatoms. The zero-order chi connectivity index (χ0) is 25.9. The molecule has 0 unspecified atom stereocenters. The summed E-state index contributed by atoms with van der Waals surface area (Å²) in [6.07, 6.45) is 6.24. The molecule has 1 aliphatic heterocycles. The Balaban J connectivity index is 1.16. The summed E-state index contributed by atoms with van der Waals surface area (Å²) in [7, 11) is 3.23. The molecule has 196 valence electrons. The smallest absolute Gasteiger partial charge is 0.253 e. The average Bonchev–Trinajstić information content (AvgIpc) is 3.58. The summed E-state index contributed by atoms with van der Waals surface area (Å²) < 4.78 is 10.7. The van der Waals surface area contributed by atoms with E-state index in [4.69, 9.17) is 9.47 Å². The lowest BCUT2D eigenvalue weighted by Crippen LogP contribution is -2.37. The van der Waals surface area contributed by atoms with Crippen LogP contribution in [0.15, 0.2) is 36.5 Å². The highest BCUT2D eigenvalue weighted by Crippen LogP contribution is 2.40. The Morgan fingerprint density at radius 3 is 2.76 bits per heavy atom. The van der Waals surface area contributed by atoms with Gasteiger partial charge in [0, 0.05) is 37.0 Å². The lowest BCUT2D eigenvalue weighted by Gasteiger charge is -2.32. The standard InChI is InChI=1S/C29H36N4O4/c1-18-11-22(13-23-15-31-32-28(18)23)29(35)33-16-21-6-4-5-20(24(21)17-33)14-30-27(34)10-8-19-7-9-25(36-2)26(12-19)37-3/h7,9,11-13,15,20-21,24H,4-6,8,10,14,16-17H2,1-3H3,(H,30,34)(H,31,32)/t20-,21-,24-/m1/s1. The van der Waals surface area contributed by atoms with Gasteiger partial charge in [-0.2, -0.15) is 5.10 Å². The molecule has 2 N–H and O–H groups in total. The SMILES string of the molecule is COc1ccc(CCC(=O)NC[C@H]2CCC[C@@H]3CN(C(=O)c4cc(C)c5[nH]ncc5c4)C[C@H]23)cc1OC. The van der Waals surface area contributed by atoms with Crippen LogP contribution in [0.5, 0.6) is 11.5 Å². The van der Waals surface area contributed by atoms with E-state index in [2.05, 4.69) is 15.5 Å². The third kappa shape index (κ3) is 5.29. The highest BCUT2D eigenvalue weighted by atomic mass is 16.5. The number of carbonyl (C=O) groups excluding carboxylic acids is 2. The van der Waals surface area contributed by atoms with Gasteiger partial charge >= 0.3 is 0 Å². The van der Waals surface area contributed by atoms with Crippen molar-refractivity contribution in [3.8, 4) is 11.5 Å². The maximum absolute atomic E-state index is 13.4. The Morgan fingerprint density at radius 1 is 1.11 bits per heavy atom. The van der Waals surface area contributed by atoms with Crippen molar-refractivity contribution in [2.45, 2.75) is 39.0 Å². The molecule has 0 bridgehead atoms. The first kappa shape index (κ1) is 25.1. The largest absolute Gasteiger partial charge is 0.493 e. The number of rotatable bonds is 8. The number of aromatic amines is 1. The van der Waals surface area contributed by atoms with E-state index in [-0.39, 0.29) is 11.8 Å². The van der Waals surface area contributed by atoms with Gasteiger partial charge in [0.05, 0.1) is 25.9 Å². The lowest BCUT2D eigenvalue weighted by molar-refractivity contribution is -0.121. The van der Waals surface area contributed by atoms with Gasteiger partial charge in [0.15, 0.2) is 11.5 Å². The lowest BCUT2D eigenvalue weighted by atomic mass is 9.74. The van der Waals surface area contributed by atoms with Crippen LogP contribution in [0.3, 0.4) is 0 Å². The second-order valence-electron chi connectivity index (χ2n) is 10.4. The topological polar surface area (TPSA) is 96.6 Å². The number of aromatic nitrogens is 2. The van der Waals surface area contributed by atoms with Crippen LogP contribution in [0.2, 0.25) is 0 Å². The van der Waals surface area contributed by atoms with E-state index in [9.17, 15) is 9.59 Å². The number of benzene rings is 2. The van der Waals surface area contributed by atoms with Crippen molar-refractivity contribution >= 4 is 22.7 Å².